The Bertz CT molecular complexity index is 573. The Hall–Kier alpha value is -1.51. The van der Waals surface area contributed by atoms with Gasteiger partial charge in [0.2, 0.25) is 0 Å². The molecule has 0 amide bonds. The molecule has 0 bridgehead atoms. The predicted molar refractivity (Wildman–Crippen MR) is 91.8 cm³/mol. The van der Waals surface area contributed by atoms with E-state index in [1.807, 2.05) is 12.1 Å². The highest BCUT2D eigenvalue weighted by molar-refractivity contribution is 6.30. The van der Waals surface area contributed by atoms with Crippen LogP contribution in [0, 0.1) is 0 Å². The van der Waals surface area contributed by atoms with E-state index in [0.29, 0.717) is 6.04 Å². The summed E-state index contributed by atoms with van der Waals surface area (Å²) >= 11 is 5.91. The van der Waals surface area contributed by atoms with Gasteiger partial charge in [-0.2, -0.15) is 0 Å². The van der Waals surface area contributed by atoms with Crippen molar-refractivity contribution in [2.75, 3.05) is 13.2 Å². The smallest absolute Gasteiger partial charge is 0.119 e. The number of halogens is 1. The van der Waals surface area contributed by atoms with Crippen molar-refractivity contribution in [1.82, 2.24) is 5.32 Å². The maximum absolute atomic E-state index is 5.91. The molecule has 0 radical (unpaired) electrons. The molecule has 0 aromatic heterocycles. The number of rotatable bonds is 5. The molecule has 1 fully saturated rings. The van der Waals surface area contributed by atoms with Crippen LogP contribution in [0.2, 0.25) is 5.02 Å². The zero-order chi connectivity index (χ0) is 15.2. The van der Waals surface area contributed by atoms with Gasteiger partial charge in [-0.1, -0.05) is 42.3 Å². The van der Waals surface area contributed by atoms with Crippen LogP contribution in [0.1, 0.15) is 30.4 Å². The second kappa shape index (κ2) is 7.66. The molecule has 1 heterocycles. The van der Waals surface area contributed by atoms with Crippen LogP contribution in [-0.2, 0) is 6.42 Å². The minimum Gasteiger partial charge on any atom is -0.492 e. The third kappa shape index (κ3) is 4.49. The number of piperidine rings is 1. The fourth-order valence-electron chi connectivity index (χ4n) is 2.80. The number of benzene rings is 2. The standard InChI is InChI=1S/C19H22ClNO/c20-17-8-4-15(5-9-17)13-16-6-10-19(11-7-16)22-14-18-3-1-2-12-21-18/h4-11,18,21H,1-3,12-14H2/t18-/m0/s1. The summed E-state index contributed by atoms with van der Waals surface area (Å²) in [4.78, 5) is 0. The van der Waals surface area contributed by atoms with Crippen LogP contribution in [0.4, 0.5) is 0 Å². The second-order valence-corrected chi connectivity index (χ2v) is 6.34. The van der Waals surface area contributed by atoms with Crippen molar-refractivity contribution >= 4 is 11.6 Å². The molecule has 1 saturated heterocycles. The van der Waals surface area contributed by atoms with Crippen LogP contribution in [0.15, 0.2) is 48.5 Å². The maximum atomic E-state index is 5.91. The van der Waals surface area contributed by atoms with E-state index in [2.05, 4.69) is 41.7 Å². The first-order valence-corrected chi connectivity index (χ1v) is 8.37. The largest absolute Gasteiger partial charge is 0.492 e. The Kier molecular flexibility index (Phi) is 5.36. The van der Waals surface area contributed by atoms with Gasteiger partial charge in [-0.15, -0.1) is 0 Å². The van der Waals surface area contributed by atoms with Gasteiger partial charge in [0.15, 0.2) is 0 Å². The number of nitrogens with one attached hydrogen (secondary N) is 1. The van der Waals surface area contributed by atoms with Crippen LogP contribution in [0.25, 0.3) is 0 Å². The minimum absolute atomic E-state index is 0.502. The maximum Gasteiger partial charge on any atom is 0.119 e. The van der Waals surface area contributed by atoms with Gasteiger partial charge >= 0.3 is 0 Å². The molecule has 1 aliphatic rings. The zero-order valence-corrected chi connectivity index (χ0v) is 13.5. The van der Waals surface area contributed by atoms with Gasteiger partial charge in [0.1, 0.15) is 12.4 Å². The molecule has 1 aliphatic heterocycles. The third-order valence-electron chi connectivity index (χ3n) is 4.11. The SMILES string of the molecule is Clc1ccc(Cc2ccc(OC[C@@H]3CCCCN3)cc2)cc1. The summed E-state index contributed by atoms with van der Waals surface area (Å²) in [6.45, 7) is 1.88. The highest BCUT2D eigenvalue weighted by atomic mass is 35.5. The molecule has 0 unspecified atom stereocenters. The predicted octanol–water partition coefficient (Wildman–Crippen LogP) is 4.45. The van der Waals surface area contributed by atoms with E-state index in [4.69, 9.17) is 16.3 Å². The Morgan fingerprint density at radius 2 is 1.64 bits per heavy atom. The van der Waals surface area contributed by atoms with Crippen molar-refractivity contribution in [2.45, 2.75) is 31.7 Å². The molecule has 3 heteroatoms. The zero-order valence-electron chi connectivity index (χ0n) is 12.7. The Balaban J connectivity index is 1.52. The van der Waals surface area contributed by atoms with Crippen LogP contribution in [0.5, 0.6) is 5.75 Å². The fraction of sp³-hybridized carbons (Fsp3) is 0.368. The van der Waals surface area contributed by atoms with Gasteiger partial charge in [0.25, 0.3) is 0 Å². The summed E-state index contributed by atoms with van der Waals surface area (Å²) in [5.41, 5.74) is 2.55. The third-order valence-corrected chi connectivity index (χ3v) is 4.36. The Morgan fingerprint density at radius 3 is 2.27 bits per heavy atom. The average molecular weight is 316 g/mol. The minimum atomic E-state index is 0.502. The van der Waals surface area contributed by atoms with Crippen molar-refractivity contribution in [1.29, 1.82) is 0 Å². The first-order valence-electron chi connectivity index (χ1n) is 7.99. The summed E-state index contributed by atoms with van der Waals surface area (Å²) in [7, 11) is 0. The van der Waals surface area contributed by atoms with Crippen molar-refractivity contribution in [2.24, 2.45) is 0 Å². The molecular weight excluding hydrogens is 294 g/mol. The molecule has 2 aromatic carbocycles. The van der Waals surface area contributed by atoms with E-state index in [1.165, 1.54) is 30.4 Å². The quantitative estimate of drug-likeness (QED) is 0.880. The lowest BCUT2D eigenvalue weighted by Crippen LogP contribution is -2.38. The lowest BCUT2D eigenvalue weighted by Gasteiger charge is -2.23. The topological polar surface area (TPSA) is 21.3 Å². The summed E-state index contributed by atoms with van der Waals surface area (Å²) < 4.78 is 5.89. The van der Waals surface area contributed by atoms with Gasteiger partial charge in [-0.3, -0.25) is 0 Å². The summed E-state index contributed by atoms with van der Waals surface area (Å²) in [5.74, 6) is 0.951. The molecule has 0 saturated carbocycles. The fourth-order valence-corrected chi connectivity index (χ4v) is 2.93. The van der Waals surface area contributed by atoms with E-state index in [9.17, 15) is 0 Å². The van der Waals surface area contributed by atoms with Crippen LogP contribution < -0.4 is 10.1 Å². The average Bonchev–Trinajstić information content (AvgIpc) is 2.57. The van der Waals surface area contributed by atoms with Crippen molar-refractivity contribution in [3.8, 4) is 5.75 Å². The number of ether oxygens (including phenoxy) is 1. The van der Waals surface area contributed by atoms with Crippen LogP contribution >= 0.6 is 11.6 Å². The van der Waals surface area contributed by atoms with Gasteiger partial charge in [0, 0.05) is 11.1 Å². The second-order valence-electron chi connectivity index (χ2n) is 5.91. The van der Waals surface area contributed by atoms with Crippen molar-refractivity contribution in [3.63, 3.8) is 0 Å². The van der Waals surface area contributed by atoms with Crippen molar-refractivity contribution < 1.29 is 4.74 Å². The molecule has 1 atom stereocenters. The van der Waals surface area contributed by atoms with Gasteiger partial charge in [0.05, 0.1) is 0 Å². The highest BCUT2D eigenvalue weighted by Crippen LogP contribution is 2.18. The Morgan fingerprint density at radius 1 is 0.955 bits per heavy atom. The van der Waals surface area contributed by atoms with Crippen LogP contribution in [0.3, 0.4) is 0 Å². The normalized spacial score (nSPS) is 18.1. The molecule has 116 valence electrons. The molecule has 0 aliphatic carbocycles. The van der Waals surface area contributed by atoms with E-state index < -0.39 is 0 Å². The van der Waals surface area contributed by atoms with Gasteiger partial charge in [-0.25, -0.2) is 0 Å². The van der Waals surface area contributed by atoms with Gasteiger partial charge < -0.3 is 10.1 Å². The number of hydrogen-bond donors (Lipinski definition) is 1. The lowest BCUT2D eigenvalue weighted by atomic mass is 10.0. The summed E-state index contributed by atoms with van der Waals surface area (Å²) in [5, 5.41) is 4.28. The first-order chi connectivity index (χ1) is 10.8. The van der Waals surface area contributed by atoms with E-state index >= 15 is 0 Å². The monoisotopic (exact) mass is 315 g/mol. The van der Waals surface area contributed by atoms with Crippen LogP contribution in [-0.4, -0.2) is 19.2 Å². The van der Waals surface area contributed by atoms with E-state index in [-0.39, 0.29) is 0 Å². The molecule has 22 heavy (non-hydrogen) atoms. The van der Waals surface area contributed by atoms with E-state index in [0.717, 1.165) is 30.3 Å². The Labute approximate surface area is 137 Å². The molecular formula is C19H22ClNO. The highest BCUT2D eigenvalue weighted by Gasteiger charge is 2.12. The summed E-state index contributed by atoms with van der Waals surface area (Å²) in [6, 6.07) is 16.9. The molecule has 1 N–H and O–H groups in total. The van der Waals surface area contributed by atoms with Gasteiger partial charge in [-0.05, 0) is 61.2 Å². The molecule has 2 nitrogen and oxygen atoms in total. The van der Waals surface area contributed by atoms with Crippen molar-refractivity contribution in [3.05, 3.63) is 64.7 Å². The lowest BCUT2D eigenvalue weighted by molar-refractivity contribution is 0.239. The molecule has 0 spiro atoms. The first kappa shape index (κ1) is 15.4. The summed E-state index contributed by atoms with van der Waals surface area (Å²) in [6.07, 6.45) is 4.73. The molecule has 2 aromatic rings. The van der Waals surface area contributed by atoms with E-state index in [1.54, 1.807) is 0 Å². The number of hydrogen-bond acceptors (Lipinski definition) is 2. The molecule has 3 rings (SSSR count).